The highest BCUT2D eigenvalue weighted by Crippen LogP contribution is 2.25. The molecule has 2 aromatic rings. The van der Waals surface area contributed by atoms with E-state index in [1.54, 1.807) is 0 Å². The van der Waals surface area contributed by atoms with Gasteiger partial charge in [-0.1, -0.05) is 50.9 Å². The number of nitrogens with zero attached hydrogens (tertiary/aromatic N) is 8. The van der Waals surface area contributed by atoms with E-state index in [0.717, 1.165) is 13.1 Å². The molecule has 0 unspecified atom stereocenters. The Morgan fingerprint density at radius 1 is 0.733 bits per heavy atom. The fourth-order valence-electron chi connectivity index (χ4n) is 3.25. The predicted octanol–water partition coefficient (Wildman–Crippen LogP) is -0.902. The van der Waals surface area contributed by atoms with Crippen molar-refractivity contribution in [2.24, 2.45) is 44.8 Å². The Morgan fingerprint density at radius 2 is 1.00 bits per heavy atom. The Kier molecular flexibility index (Phi) is 16.1. The van der Waals surface area contributed by atoms with Crippen LogP contribution in [0.15, 0.2) is 9.98 Å². The van der Waals surface area contributed by atoms with E-state index in [9.17, 15) is 9.59 Å². The van der Waals surface area contributed by atoms with Crippen molar-refractivity contribution in [3.05, 3.63) is 21.7 Å². The Bertz CT molecular complexity index is 1410. The predicted molar refractivity (Wildman–Crippen MR) is 170 cm³/mol. The number of halogens is 2. The summed E-state index contributed by atoms with van der Waals surface area (Å²) < 4.78 is 34.1. The molecule has 2 heterocycles. The summed E-state index contributed by atoms with van der Waals surface area (Å²) in [7, 11) is -1.54. The van der Waals surface area contributed by atoms with Crippen LogP contribution in [0.3, 0.4) is 0 Å². The number of carbonyl (C=O) groups excluding carboxylic acids is 2. The van der Waals surface area contributed by atoms with Gasteiger partial charge in [0.25, 0.3) is 0 Å². The average molecular weight is 696 g/mol. The number of amides is 2. The van der Waals surface area contributed by atoms with Gasteiger partial charge >= 0.3 is 11.8 Å². The second-order valence-corrected chi connectivity index (χ2v) is 11.3. The summed E-state index contributed by atoms with van der Waals surface area (Å²) in [4.78, 5) is 49.7. The highest BCUT2D eigenvalue weighted by Gasteiger charge is 2.20. The number of hydrogen-bond donors (Lipinski definition) is 6. The molecule has 0 aliphatic carbocycles. The standard InChI is InChI=1S/2C11H18ClN7O.H2O4S/c2*1-5(2)4-19(3)9-7(12)16-6(8(13)17-9)10(20)18-11(14)15;1-5(2,3)4/h2*5H,4H2,1-3H3,(H2,13,17)(H4,14,15,18,20);(H2,1,2,3,4)/p-2. The summed E-state index contributed by atoms with van der Waals surface area (Å²) in [5.74, 6) is -0.862. The molecule has 0 atom stereocenters. The summed E-state index contributed by atoms with van der Waals surface area (Å²) in [5.41, 5.74) is 31.6. The van der Waals surface area contributed by atoms with E-state index in [0.29, 0.717) is 23.5 Å². The molecule has 2 rings (SSSR count). The van der Waals surface area contributed by atoms with Crippen LogP contribution in [0, 0.1) is 11.8 Å². The zero-order valence-electron chi connectivity index (χ0n) is 25.2. The van der Waals surface area contributed by atoms with Crippen molar-refractivity contribution in [2.75, 3.05) is 48.5 Å². The van der Waals surface area contributed by atoms with E-state index in [1.807, 2.05) is 23.9 Å². The summed E-state index contributed by atoms with van der Waals surface area (Å²) in [6, 6.07) is 0. The Hall–Kier alpha value is -4.31. The van der Waals surface area contributed by atoms with Gasteiger partial charge in [-0.25, -0.2) is 19.9 Å². The maximum Gasteiger partial charge on any atom is 0.302 e. The number of aromatic nitrogens is 4. The second kappa shape index (κ2) is 17.9. The minimum absolute atomic E-state index is 0.0662. The summed E-state index contributed by atoms with van der Waals surface area (Å²) in [5, 5.41) is 0.132. The zero-order chi connectivity index (χ0) is 35.4. The third-order valence-corrected chi connectivity index (χ3v) is 5.10. The van der Waals surface area contributed by atoms with Crippen molar-refractivity contribution in [3.63, 3.8) is 0 Å². The van der Waals surface area contributed by atoms with Gasteiger partial charge in [-0.05, 0) is 11.8 Å². The van der Waals surface area contributed by atoms with Crippen molar-refractivity contribution >= 4 is 80.6 Å². The van der Waals surface area contributed by atoms with Crippen LogP contribution in [0.25, 0.3) is 0 Å². The molecule has 0 saturated heterocycles. The van der Waals surface area contributed by atoms with Gasteiger partial charge in [0, 0.05) is 37.6 Å². The number of carbonyl (C=O) groups is 2. The lowest BCUT2D eigenvalue weighted by molar-refractivity contribution is 0.0990. The van der Waals surface area contributed by atoms with Gasteiger partial charge in [-0.3, -0.25) is 18.0 Å². The van der Waals surface area contributed by atoms with Crippen molar-refractivity contribution in [1.82, 2.24) is 19.9 Å². The van der Waals surface area contributed by atoms with E-state index in [4.69, 9.17) is 75.1 Å². The zero-order valence-corrected chi connectivity index (χ0v) is 27.6. The van der Waals surface area contributed by atoms with Gasteiger partial charge in [0.15, 0.2) is 56.9 Å². The van der Waals surface area contributed by atoms with Crippen molar-refractivity contribution in [2.45, 2.75) is 27.7 Å². The van der Waals surface area contributed by atoms with Gasteiger partial charge in [-0.2, -0.15) is 9.98 Å². The molecule has 0 aromatic carbocycles. The van der Waals surface area contributed by atoms with Crippen LogP contribution < -0.4 is 44.2 Å². The Balaban J connectivity index is 0.000000748. The molecule has 0 radical (unpaired) electrons. The summed E-state index contributed by atoms with van der Waals surface area (Å²) in [6.45, 7) is 9.65. The average Bonchev–Trinajstić information content (AvgIpc) is 2.83. The van der Waals surface area contributed by atoms with Crippen LogP contribution in [0.4, 0.5) is 23.3 Å². The lowest BCUT2D eigenvalue weighted by atomic mass is 10.2. The lowest BCUT2D eigenvalue weighted by Gasteiger charge is -2.21. The SMILES string of the molecule is CC(C)CN(C)c1nc(N)c(C(=O)N=C(N)N)nc1Cl.CC(C)CN(C)c1nc(N)c(C(=O)N=C(N)N)nc1Cl.O=S(=O)([O-])[O-]. The van der Waals surface area contributed by atoms with Crippen LogP contribution in [-0.2, 0) is 10.4 Å². The normalized spacial score (nSPS) is 10.6. The van der Waals surface area contributed by atoms with Crippen molar-refractivity contribution < 1.29 is 27.1 Å². The summed E-state index contributed by atoms with van der Waals surface area (Å²) in [6.07, 6.45) is 0. The molecule has 252 valence electrons. The first-order chi connectivity index (χ1) is 20.4. The van der Waals surface area contributed by atoms with Crippen LogP contribution in [0.5, 0.6) is 0 Å². The maximum absolute atomic E-state index is 11.7. The lowest BCUT2D eigenvalue weighted by Crippen LogP contribution is -2.26. The molecule has 0 bridgehead atoms. The fraction of sp³-hybridized carbons (Fsp3) is 0.455. The monoisotopic (exact) mass is 694 g/mol. The summed E-state index contributed by atoms with van der Waals surface area (Å²) >= 11 is 12.1. The van der Waals surface area contributed by atoms with Crippen molar-refractivity contribution in [1.29, 1.82) is 0 Å². The number of hydrogen-bond acceptors (Lipinski definition) is 14. The number of anilines is 4. The first-order valence-corrected chi connectivity index (χ1v) is 14.6. The van der Waals surface area contributed by atoms with Gasteiger partial charge in [-0.15, -0.1) is 0 Å². The van der Waals surface area contributed by atoms with Crippen molar-refractivity contribution in [3.8, 4) is 0 Å². The molecule has 0 aliphatic heterocycles. The topological polar surface area (TPSA) is 353 Å². The van der Waals surface area contributed by atoms with Gasteiger partial charge in [0.2, 0.25) is 0 Å². The van der Waals surface area contributed by atoms with Crippen LogP contribution >= 0.6 is 23.2 Å². The van der Waals surface area contributed by atoms with Gasteiger partial charge in [0.1, 0.15) is 0 Å². The first-order valence-electron chi connectivity index (χ1n) is 12.5. The quantitative estimate of drug-likeness (QED) is 0.0842. The van der Waals surface area contributed by atoms with E-state index < -0.39 is 22.2 Å². The third-order valence-electron chi connectivity index (χ3n) is 4.59. The molecular formula is C22H36Cl2N14O6S-2. The molecule has 20 nitrogen and oxygen atoms in total. The Labute approximate surface area is 269 Å². The van der Waals surface area contributed by atoms with Gasteiger partial charge < -0.3 is 53.3 Å². The number of nitrogen functional groups attached to an aromatic ring is 2. The van der Waals surface area contributed by atoms with E-state index in [1.165, 1.54) is 0 Å². The highest BCUT2D eigenvalue weighted by molar-refractivity contribution is 7.79. The minimum atomic E-state index is -5.17. The molecule has 0 saturated carbocycles. The first kappa shape index (κ1) is 40.7. The Morgan fingerprint density at radius 3 is 1.22 bits per heavy atom. The van der Waals surface area contributed by atoms with Gasteiger partial charge in [0.05, 0.1) is 0 Å². The largest absolute Gasteiger partial charge is 0.759 e. The minimum Gasteiger partial charge on any atom is -0.759 e. The molecule has 0 aliphatic rings. The van der Waals surface area contributed by atoms with E-state index >= 15 is 0 Å². The molecule has 45 heavy (non-hydrogen) atoms. The molecule has 0 spiro atoms. The molecule has 2 amide bonds. The van der Waals surface area contributed by atoms with Crippen LogP contribution in [-0.4, -0.2) is 88.4 Å². The van der Waals surface area contributed by atoms with Crippen LogP contribution in [0.2, 0.25) is 10.3 Å². The third kappa shape index (κ3) is 15.8. The van der Waals surface area contributed by atoms with E-state index in [2.05, 4.69) is 57.6 Å². The number of nitrogens with two attached hydrogens (primary N) is 6. The molecule has 2 aromatic heterocycles. The van der Waals surface area contributed by atoms with E-state index in [-0.39, 0.29) is 45.2 Å². The molecule has 23 heteroatoms. The number of guanidine groups is 2. The maximum atomic E-state index is 11.7. The highest BCUT2D eigenvalue weighted by atomic mass is 35.5. The smallest absolute Gasteiger partial charge is 0.302 e. The fourth-order valence-corrected chi connectivity index (χ4v) is 3.79. The molecular weight excluding hydrogens is 659 g/mol. The number of rotatable bonds is 8. The molecule has 12 N–H and O–H groups in total. The second-order valence-electron chi connectivity index (χ2n) is 9.78. The molecule has 0 fully saturated rings. The van der Waals surface area contributed by atoms with Crippen LogP contribution in [0.1, 0.15) is 48.7 Å². The number of aliphatic imine (C=N–C) groups is 2.